The maximum Gasteiger partial charge on any atom is 0.188 e. The lowest BCUT2D eigenvalue weighted by Gasteiger charge is -2.29. The van der Waals surface area contributed by atoms with E-state index >= 15 is 0 Å². The minimum Gasteiger partial charge on any atom is -0.379 e. The molecule has 0 atom stereocenters. The van der Waals surface area contributed by atoms with Crippen molar-refractivity contribution in [2.24, 2.45) is 0 Å². The Morgan fingerprint density at radius 2 is 1.21 bits per heavy atom. The zero-order valence-corrected chi connectivity index (χ0v) is 13.5. The minimum atomic E-state index is -0.576. The van der Waals surface area contributed by atoms with Gasteiger partial charge < -0.3 is 14.2 Å². The summed E-state index contributed by atoms with van der Waals surface area (Å²) in [5, 5.41) is 0. The Kier molecular flexibility index (Phi) is 12.8. The Morgan fingerprint density at radius 3 is 1.58 bits per heavy atom. The molecule has 0 bridgehead atoms. The van der Waals surface area contributed by atoms with E-state index in [1.54, 1.807) is 7.11 Å². The number of hydrogen-bond acceptors (Lipinski definition) is 3. The molecule has 116 valence electrons. The molecule has 0 fully saturated rings. The zero-order valence-electron chi connectivity index (χ0n) is 13.5. The third-order valence-electron chi connectivity index (χ3n) is 3.22. The van der Waals surface area contributed by atoms with Gasteiger partial charge in [-0.15, -0.1) is 0 Å². The van der Waals surface area contributed by atoms with Crippen molar-refractivity contribution < 1.29 is 14.2 Å². The average molecular weight is 274 g/mol. The highest BCUT2D eigenvalue weighted by atomic mass is 16.7. The Hall–Kier alpha value is -0.120. The van der Waals surface area contributed by atoms with E-state index in [4.69, 9.17) is 14.2 Å². The van der Waals surface area contributed by atoms with E-state index in [0.717, 1.165) is 26.1 Å². The maximum atomic E-state index is 5.88. The predicted octanol–water partition coefficient (Wildman–Crippen LogP) is 4.54. The van der Waals surface area contributed by atoms with Crippen LogP contribution in [0.2, 0.25) is 0 Å². The summed E-state index contributed by atoms with van der Waals surface area (Å²) < 4.78 is 17.0. The van der Waals surface area contributed by atoms with Crippen LogP contribution in [0.5, 0.6) is 0 Å². The van der Waals surface area contributed by atoms with E-state index < -0.39 is 5.79 Å². The van der Waals surface area contributed by atoms with Gasteiger partial charge in [0.2, 0.25) is 0 Å². The lowest BCUT2D eigenvalue weighted by atomic mass is 10.2. The van der Waals surface area contributed by atoms with Gasteiger partial charge in [-0.1, -0.05) is 52.4 Å². The third kappa shape index (κ3) is 11.4. The highest BCUT2D eigenvalue weighted by Crippen LogP contribution is 2.15. The lowest BCUT2D eigenvalue weighted by molar-refractivity contribution is -0.247. The summed E-state index contributed by atoms with van der Waals surface area (Å²) in [5.41, 5.74) is 0. The SMILES string of the molecule is CCCCCCOC(C)(COC)OCCCCCC. The van der Waals surface area contributed by atoms with Crippen molar-refractivity contribution in [3.05, 3.63) is 0 Å². The molecule has 0 aliphatic rings. The van der Waals surface area contributed by atoms with Gasteiger partial charge in [-0.2, -0.15) is 0 Å². The molecular weight excluding hydrogens is 240 g/mol. The first-order valence-corrected chi connectivity index (χ1v) is 7.95. The second-order valence-corrected chi connectivity index (χ2v) is 5.39. The molecule has 0 aromatic carbocycles. The molecule has 0 heterocycles. The van der Waals surface area contributed by atoms with Gasteiger partial charge >= 0.3 is 0 Å². The molecule has 0 aromatic rings. The van der Waals surface area contributed by atoms with Crippen molar-refractivity contribution in [3.8, 4) is 0 Å². The van der Waals surface area contributed by atoms with Crippen molar-refractivity contribution in [1.29, 1.82) is 0 Å². The van der Waals surface area contributed by atoms with Crippen LogP contribution in [-0.4, -0.2) is 32.7 Å². The van der Waals surface area contributed by atoms with Crippen molar-refractivity contribution >= 4 is 0 Å². The number of unbranched alkanes of at least 4 members (excludes halogenated alkanes) is 6. The van der Waals surface area contributed by atoms with Crippen molar-refractivity contribution in [2.75, 3.05) is 26.9 Å². The van der Waals surface area contributed by atoms with Crippen molar-refractivity contribution in [2.45, 2.75) is 77.9 Å². The molecule has 0 aliphatic heterocycles. The molecule has 0 aromatic heterocycles. The zero-order chi connectivity index (χ0) is 14.4. The van der Waals surface area contributed by atoms with E-state index in [9.17, 15) is 0 Å². The average Bonchev–Trinajstić information content (AvgIpc) is 2.39. The molecular formula is C16H34O3. The van der Waals surface area contributed by atoms with E-state index in [2.05, 4.69) is 13.8 Å². The first kappa shape index (κ1) is 18.9. The van der Waals surface area contributed by atoms with Gasteiger partial charge in [0.1, 0.15) is 0 Å². The van der Waals surface area contributed by atoms with Crippen LogP contribution < -0.4 is 0 Å². The van der Waals surface area contributed by atoms with Crippen LogP contribution in [0.1, 0.15) is 72.1 Å². The van der Waals surface area contributed by atoms with Crippen LogP contribution in [0, 0.1) is 0 Å². The molecule has 3 nitrogen and oxygen atoms in total. The van der Waals surface area contributed by atoms with Crippen molar-refractivity contribution in [1.82, 2.24) is 0 Å². The number of methoxy groups -OCH3 is 1. The molecule has 0 spiro atoms. The normalized spacial score (nSPS) is 12.0. The highest BCUT2D eigenvalue weighted by molar-refractivity contribution is 4.62. The van der Waals surface area contributed by atoms with Gasteiger partial charge in [-0.05, 0) is 19.8 Å². The van der Waals surface area contributed by atoms with Crippen LogP contribution in [0.25, 0.3) is 0 Å². The Morgan fingerprint density at radius 1 is 0.737 bits per heavy atom. The minimum absolute atomic E-state index is 0.495. The predicted molar refractivity (Wildman–Crippen MR) is 80.5 cm³/mol. The second kappa shape index (κ2) is 12.9. The monoisotopic (exact) mass is 274 g/mol. The molecule has 0 N–H and O–H groups in total. The summed E-state index contributed by atoms with van der Waals surface area (Å²) in [7, 11) is 1.69. The van der Waals surface area contributed by atoms with Crippen LogP contribution >= 0.6 is 0 Å². The number of hydrogen-bond donors (Lipinski definition) is 0. The Labute approximate surface area is 120 Å². The van der Waals surface area contributed by atoms with E-state index in [1.165, 1.54) is 38.5 Å². The quantitative estimate of drug-likeness (QED) is 0.344. The topological polar surface area (TPSA) is 27.7 Å². The Bertz CT molecular complexity index is 169. The summed E-state index contributed by atoms with van der Waals surface area (Å²) in [5.74, 6) is -0.576. The smallest absolute Gasteiger partial charge is 0.188 e. The molecule has 0 aliphatic carbocycles. The van der Waals surface area contributed by atoms with Gasteiger partial charge in [0, 0.05) is 7.11 Å². The second-order valence-electron chi connectivity index (χ2n) is 5.39. The molecule has 0 saturated carbocycles. The maximum absolute atomic E-state index is 5.88. The Balaban J connectivity index is 3.76. The molecule has 0 radical (unpaired) electrons. The summed E-state index contributed by atoms with van der Waals surface area (Å²) in [6.45, 7) is 8.43. The molecule has 19 heavy (non-hydrogen) atoms. The summed E-state index contributed by atoms with van der Waals surface area (Å²) >= 11 is 0. The molecule has 0 rings (SSSR count). The highest BCUT2D eigenvalue weighted by Gasteiger charge is 2.25. The largest absolute Gasteiger partial charge is 0.379 e. The fraction of sp³-hybridized carbons (Fsp3) is 1.00. The van der Waals surface area contributed by atoms with Crippen molar-refractivity contribution in [3.63, 3.8) is 0 Å². The van der Waals surface area contributed by atoms with E-state index in [1.807, 2.05) is 6.92 Å². The fourth-order valence-corrected chi connectivity index (χ4v) is 2.02. The van der Waals surface area contributed by atoms with Crippen LogP contribution in [0.3, 0.4) is 0 Å². The third-order valence-corrected chi connectivity index (χ3v) is 3.22. The summed E-state index contributed by atoms with van der Waals surface area (Å²) in [6.07, 6.45) is 9.74. The lowest BCUT2D eigenvalue weighted by Crippen LogP contribution is -2.38. The van der Waals surface area contributed by atoms with E-state index in [-0.39, 0.29) is 0 Å². The van der Waals surface area contributed by atoms with Gasteiger partial charge in [0.05, 0.1) is 19.8 Å². The molecule has 0 saturated heterocycles. The van der Waals surface area contributed by atoms with Crippen LogP contribution in [0.4, 0.5) is 0 Å². The van der Waals surface area contributed by atoms with Crippen LogP contribution in [0.15, 0.2) is 0 Å². The van der Waals surface area contributed by atoms with Gasteiger partial charge in [0.15, 0.2) is 5.79 Å². The van der Waals surface area contributed by atoms with Gasteiger partial charge in [-0.3, -0.25) is 0 Å². The molecule has 3 heteroatoms. The van der Waals surface area contributed by atoms with Gasteiger partial charge in [0.25, 0.3) is 0 Å². The van der Waals surface area contributed by atoms with Crippen LogP contribution in [-0.2, 0) is 14.2 Å². The first-order valence-electron chi connectivity index (χ1n) is 7.95. The standard InChI is InChI=1S/C16H34O3/c1-5-7-9-11-13-18-16(3,15-17-4)19-14-12-10-8-6-2/h5-15H2,1-4H3. The number of rotatable bonds is 14. The summed E-state index contributed by atoms with van der Waals surface area (Å²) in [6, 6.07) is 0. The number of ether oxygens (including phenoxy) is 3. The first-order chi connectivity index (χ1) is 9.18. The summed E-state index contributed by atoms with van der Waals surface area (Å²) in [4.78, 5) is 0. The fourth-order valence-electron chi connectivity index (χ4n) is 2.02. The van der Waals surface area contributed by atoms with Gasteiger partial charge in [-0.25, -0.2) is 0 Å². The van der Waals surface area contributed by atoms with E-state index in [0.29, 0.717) is 6.61 Å². The molecule has 0 unspecified atom stereocenters. The molecule has 0 amide bonds.